The molecule has 1 amide bonds. The Bertz CT molecular complexity index is 647. The van der Waals surface area contributed by atoms with Crippen LogP contribution in [0.15, 0.2) is 0 Å². The zero-order chi connectivity index (χ0) is 22.3. The van der Waals surface area contributed by atoms with Crippen molar-refractivity contribution in [2.75, 3.05) is 6.61 Å². The number of esters is 4. The third-order valence-corrected chi connectivity index (χ3v) is 3.82. The second-order valence-electron chi connectivity index (χ2n) is 6.79. The number of amides is 1. The van der Waals surface area contributed by atoms with Crippen molar-refractivity contribution in [3.8, 4) is 0 Å². The van der Waals surface area contributed by atoms with Crippen LogP contribution in [0.3, 0.4) is 0 Å². The molecule has 0 aromatic rings. The summed E-state index contributed by atoms with van der Waals surface area (Å²) in [7, 11) is 0. The van der Waals surface area contributed by atoms with Crippen molar-refractivity contribution >= 4 is 29.8 Å². The SMILES string of the molecule is CC(=O)OC[C@@H]1O[C@H](OC(C)=O)[C@H](NC(=O)C(C)C)[C@@H](OC(C)=O)[C@@H]1OC(C)=O. The average molecular weight is 417 g/mol. The van der Waals surface area contributed by atoms with Crippen molar-refractivity contribution in [3.63, 3.8) is 0 Å². The van der Waals surface area contributed by atoms with E-state index >= 15 is 0 Å². The monoisotopic (exact) mass is 417 g/mol. The Morgan fingerprint density at radius 3 is 1.79 bits per heavy atom. The van der Waals surface area contributed by atoms with E-state index in [4.69, 9.17) is 23.7 Å². The van der Waals surface area contributed by atoms with E-state index in [1.165, 1.54) is 6.92 Å². The fourth-order valence-electron chi connectivity index (χ4n) is 2.65. The molecule has 1 aliphatic heterocycles. The summed E-state index contributed by atoms with van der Waals surface area (Å²) in [6, 6.07) is -1.17. The zero-order valence-electron chi connectivity index (χ0n) is 17.3. The summed E-state index contributed by atoms with van der Waals surface area (Å²) in [6.45, 7) is 7.46. The van der Waals surface area contributed by atoms with Gasteiger partial charge in [-0.15, -0.1) is 0 Å². The molecule has 11 nitrogen and oxygen atoms in total. The van der Waals surface area contributed by atoms with Gasteiger partial charge in [-0.3, -0.25) is 24.0 Å². The topological polar surface area (TPSA) is 144 Å². The highest BCUT2D eigenvalue weighted by Crippen LogP contribution is 2.28. The summed E-state index contributed by atoms with van der Waals surface area (Å²) >= 11 is 0. The van der Waals surface area contributed by atoms with Crippen molar-refractivity contribution in [1.82, 2.24) is 5.32 Å². The molecule has 1 N–H and O–H groups in total. The molecule has 1 fully saturated rings. The Morgan fingerprint density at radius 2 is 1.34 bits per heavy atom. The molecule has 1 aliphatic rings. The summed E-state index contributed by atoms with van der Waals surface area (Å²) < 4.78 is 26.3. The van der Waals surface area contributed by atoms with Gasteiger partial charge in [-0.05, 0) is 0 Å². The molecule has 1 rings (SSSR count). The van der Waals surface area contributed by atoms with E-state index in [1.54, 1.807) is 13.8 Å². The smallest absolute Gasteiger partial charge is 0.305 e. The van der Waals surface area contributed by atoms with Crippen LogP contribution in [-0.4, -0.2) is 67.0 Å². The number of nitrogens with one attached hydrogen (secondary N) is 1. The van der Waals surface area contributed by atoms with Crippen LogP contribution >= 0.6 is 0 Å². The predicted molar refractivity (Wildman–Crippen MR) is 94.9 cm³/mol. The van der Waals surface area contributed by atoms with Crippen LogP contribution in [0, 0.1) is 5.92 Å². The fraction of sp³-hybridized carbons (Fsp3) is 0.722. The quantitative estimate of drug-likeness (QED) is 0.438. The van der Waals surface area contributed by atoms with E-state index in [2.05, 4.69) is 5.32 Å². The second kappa shape index (κ2) is 10.7. The summed E-state index contributed by atoms with van der Waals surface area (Å²) in [6.07, 6.45) is -5.01. The van der Waals surface area contributed by atoms with Gasteiger partial charge in [-0.2, -0.15) is 0 Å². The van der Waals surface area contributed by atoms with Crippen LogP contribution in [0.5, 0.6) is 0 Å². The van der Waals surface area contributed by atoms with Crippen LogP contribution in [0.1, 0.15) is 41.5 Å². The number of ether oxygens (including phenoxy) is 5. The number of hydrogen-bond acceptors (Lipinski definition) is 10. The Hall–Kier alpha value is -2.69. The summed E-state index contributed by atoms with van der Waals surface area (Å²) in [4.78, 5) is 58.3. The van der Waals surface area contributed by atoms with Crippen LogP contribution < -0.4 is 5.32 Å². The molecule has 0 saturated carbocycles. The lowest BCUT2D eigenvalue weighted by Gasteiger charge is -2.44. The molecule has 1 saturated heterocycles. The summed E-state index contributed by atoms with van der Waals surface area (Å²) in [5.74, 6) is -3.69. The number of hydrogen-bond donors (Lipinski definition) is 1. The molecule has 11 heteroatoms. The normalized spacial score (nSPS) is 26.2. The van der Waals surface area contributed by atoms with Gasteiger partial charge in [0.2, 0.25) is 12.2 Å². The van der Waals surface area contributed by atoms with Crippen LogP contribution in [-0.2, 0) is 47.7 Å². The van der Waals surface area contributed by atoms with E-state index in [9.17, 15) is 24.0 Å². The van der Waals surface area contributed by atoms with Gasteiger partial charge in [0.25, 0.3) is 0 Å². The van der Waals surface area contributed by atoms with Crippen molar-refractivity contribution < 1.29 is 47.7 Å². The van der Waals surface area contributed by atoms with E-state index in [-0.39, 0.29) is 6.61 Å². The van der Waals surface area contributed by atoms with Gasteiger partial charge in [0.1, 0.15) is 18.8 Å². The minimum Gasteiger partial charge on any atom is -0.463 e. The predicted octanol–water partition coefficient (Wildman–Crippen LogP) is -0.158. The third-order valence-electron chi connectivity index (χ3n) is 3.82. The first-order valence-corrected chi connectivity index (χ1v) is 9.03. The van der Waals surface area contributed by atoms with Gasteiger partial charge in [0, 0.05) is 33.6 Å². The Labute approximate surface area is 168 Å². The highest BCUT2D eigenvalue weighted by Gasteiger charge is 2.52. The molecule has 0 spiro atoms. The summed E-state index contributed by atoms with van der Waals surface area (Å²) in [5, 5.41) is 2.60. The fourth-order valence-corrected chi connectivity index (χ4v) is 2.65. The minimum atomic E-state index is -1.38. The molecule has 29 heavy (non-hydrogen) atoms. The van der Waals surface area contributed by atoms with Crippen molar-refractivity contribution in [2.45, 2.75) is 72.2 Å². The number of rotatable bonds is 7. The lowest BCUT2D eigenvalue weighted by atomic mass is 9.95. The molecule has 5 atom stereocenters. The van der Waals surface area contributed by atoms with Crippen LogP contribution in [0.25, 0.3) is 0 Å². The largest absolute Gasteiger partial charge is 0.463 e. The highest BCUT2D eigenvalue weighted by atomic mass is 16.7. The van der Waals surface area contributed by atoms with Gasteiger partial charge < -0.3 is 29.0 Å². The maximum absolute atomic E-state index is 12.3. The van der Waals surface area contributed by atoms with Gasteiger partial charge in [-0.1, -0.05) is 13.8 Å². The Kier molecular flexibility index (Phi) is 9.02. The molecule has 1 heterocycles. The van der Waals surface area contributed by atoms with Gasteiger partial charge in [0.15, 0.2) is 12.2 Å². The molecular formula is C18H27NO10. The highest BCUT2D eigenvalue weighted by molar-refractivity contribution is 5.78. The zero-order valence-corrected chi connectivity index (χ0v) is 17.3. The van der Waals surface area contributed by atoms with Crippen LogP contribution in [0.2, 0.25) is 0 Å². The number of carbonyl (C=O) groups is 5. The number of carbonyl (C=O) groups excluding carboxylic acids is 5. The summed E-state index contributed by atoms with van der Waals surface area (Å²) in [5.41, 5.74) is 0. The van der Waals surface area contributed by atoms with Gasteiger partial charge in [0.05, 0.1) is 0 Å². The molecule has 0 bridgehead atoms. The molecule has 0 unspecified atom stereocenters. The third kappa shape index (κ3) is 7.68. The van der Waals surface area contributed by atoms with Crippen LogP contribution in [0.4, 0.5) is 0 Å². The molecule has 0 aromatic heterocycles. The first-order chi connectivity index (χ1) is 13.4. The molecule has 0 aromatic carbocycles. The minimum absolute atomic E-state index is 0.367. The Morgan fingerprint density at radius 1 is 0.828 bits per heavy atom. The van der Waals surface area contributed by atoms with Crippen molar-refractivity contribution in [2.24, 2.45) is 5.92 Å². The molecule has 164 valence electrons. The van der Waals surface area contributed by atoms with Crippen molar-refractivity contribution in [1.29, 1.82) is 0 Å². The first-order valence-electron chi connectivity index (χ1n) is 9.03. The maximum Gasteiger partial charge on any atom is 0.305 e. The van der Waals surface area contributed by atoms with Crippen molar-refractivity contribution in [3.05, 3.63) is 0 Å². The van der Waals surface area contributed by atoms with E-state index in [0.717, 1.165) is 20.8 Å². The lowest BCUT2D eigenvalue weighted by Crippen LogP contribution is -2.67. The molecule has 0 aliphatic carbocycles. The lowest BCUT2D eigenvalue weighted by molar-refractivity contribution is -0.271. The van der Waals surface area contributed by atoms with Gasteiger partial charge >= 0.3 is 23.9 Å². The second-order valence-corrected chi connectivity index (χ2v) is 6.79. The van der Waals surface area contributed by atoms with E-state index < -0.39 is 66.3 Å². The molecular weight excluding hydrogens is 390 g/mol. The van der Waals surface area contributed by atoms with Gasteiger partial charge in [-0.25, -0.2) is 0 Å². The average Bonchev–Trinajstić information content (AvgIpc) is 2.56. The maximum atomic E-state index is 12.3. The first kappa shape index (κ1) is 24.3. The molecule has 0 radical (unpaired) electrons. The standard InChI is InChI=1S/C18H27NO10/c1-8(2)17(24)19-14-16(27-11(5)22)15(26-10(4)21)13(7-25-9(3)20)29-18(14)28-12(6)23/h8,13-16,18H,7H2,1-6H3,(H,19,24)/t13-,14+,15+,16+,18-/m0/s1. The van der Waals surface area contributed by atoms with E-state index in [0.29, 0.717) is 0 Å². The van der Waals surface area contributed by atoms with E-state index in [1.807, 2.05) is 0 Å². The Balaban J connectivity index is 3.34.